The summed E-state index contributed by atoms with van der Waals surface area (Å²) in [5.74, 6) is -1.03. The Morgan fingerprint density at radius 3 is 2.57 bits per heavy atom. The molecule has 23 heavy (non-hydrogen) atoms. The number of aromatic nitrogens is 1. The zero-order valence-corrected chi connectivity index (χ0v) is 12.2. The lowest BCUT2D eigenvalue weighted by molar-refractivity contribution is -0.137. The number of hydrogen-bond donors (Lipinski definition) is 3. The van der Waals surface area contributed by atoms with Crippen molar-refractivity contribution in [3.63, 3.8) is 0 Å². The summed E-state index contributed by atoms with van der Waals surface area (Å²) in [7, 11) is 1.42. The van der Waals surface area contributed by atoms with Crippen molar-refractivity contribution in [2.75, 3.05) is 7.05 Å². The van der Waals surface area contributed by atoms with Gasteiger partial charge in [0.2, 0.25) is 0 Å². The number of halogens is 3. The van der Waals surface area contributed by atoms with E-state index < -0.39 is 17.6 Å². The molecule has 0 bridgehead atoms. The van der Waals surface area contributed by atoms with E-state index >= 15 is 0 Å². The van der Waals surface area contributed by atoms with Crippen LogP contribution in [-0.4, -0.2) is 24.1 Å². The topological polar surface area (TPSA) is 91.0 Å². The summed E-state index contributed by atoms with van der Waals surface area (Å²) < 4.78 is 44.3. The molecule has 0 aliphatic carbocycles. The maximum Gasteiger partial charge on any atom is 0.417 e. The van der Waals surface area contributed by atoms with Gasteiger partial charge < -0.3 is 9.84 Å². The van der Waals surface area contributed by atoms with Crippen LogP contribution in [0.1, 0.15) is 21.7 Å². The van der Waals surface area contributed by atoms with E-state index in [0.717, 1.165) is 6.07 Å². The minimum Gasteiger partial charge on any atom is -0.360 e. The SMILES string of the molecule is CNC(=N)NC(=O)c1c(-c2ccccc2C(F)(F)F)noc1C. The van der Waals surface area contributed by atoms with Crippen LogP contribution in [0.4, 0.5) is 13.2 Å². The van der Waals surface area contributed by atoms with E-state index in [4.69, 9.17) is 9.93 Å². The second-order valence-corrected chi connectivity index (χ2v) is 4.58. The number of amides is 1. The Balaban J connectivity index is 2.55. The third-order valence-corrected chi connectivity index (χ3v) is 3.07. The predicted octanol–water partition coefficient (Wildman–Crippen LogP) is 2.55. The first kappa shape index (κ1) is 16.5. The van der Waals surface area contributed by atoms with E-state index in [1.54, 1.807) is 0 Å². The van der Waals surface area contributed by atoms with Crippen molar-refractivity contribution in [3.8, 4) is 11.3 Å². The van der Waals surface area contributed by atoms with Crippen molar-refractivity contribution >= 4 is 11.9 Å². The molecule has 0 fully saturated rings. The van der Waals surface area contributed by atoms with Crippen LogP contribution in [0.15, 0.2) is 28.8 Å². The molecular formula is C14H13F3N4O2. The Morgan fingerprint density at radius 1 is 1.30 bits per heavy atom. The number of rotatable bonds is 2. The van der Waals surface area contributed by atoms with E-state index in [0.29, 0.717) is 0 Å². The van der Waals surface area contributed by atoms with Crippen LogP contribution in [0, 0.1) is 12.3 Å². The second-order valence-electron chi connectivity index (χ2n) is 4.58. The first-order valence-electron chi connectivity index (χ1n) is 6.46. The average molecular weight is 326 g/mol. The average Bonchev–Trinajstić information content (AvgIpc) is 2.88. The van der Waals surface area contributed by atoms with Crippen LogP contribution in [-0.2, 0) is 6.18 Å². The number of carbonyl (C=O) groups excluding carboxylic acids is 1. The highest BCUT2D eigenvalue weighted by molar-refractivity contribution is 6.08. The zero-order valence-electron chi connectivity index (χ0n) is 12.2. The molecule has 0 saturated heterocycles. The summed E-state index contributed by atoms with van der Waals surface area (Å²) >= 11 is 0. The number of nitrogens with zero attached hydrogens (tertiary/aromatic N) is 1. The van der Waals surface area contributed by atoms with Crippen molar-refractivity contribution in [3.05, 3.63) is 41.2 Å². The maximum atomic E-state index is 13.1. The van der Waals surface area contributed by atoms with Gasteiger partial charge in [-0.15, -0.1) is 0 Å². The number of alkyl halides is 3. The highest BCUT2D eigenvalue weighted by Gasteiger charge is 2.35. The highest BCUT2D eigenvalue weighted by Crippen LogP contribution is 2.38. The summed E-state index contributed by atoms with van der Waals surface area (Å²) in [5.41, 5.74) is -1.57. The van der Waals surface area contributed by atoms with Gasteiger partial charge in [0.1, 0.15) is 17.0 Å². The number of benzene rings is 1. The molecule has 2 aromatic rings. The second kappa shape index (κ2) is 6.11. The van der Waals surface area contributed by atoms with Crippen LogP contribution in [0.5, 0.6) is 0 Å². The fourth-order valence-electron chi connectivity index (χ4n) is 2.00. The molecule has 9 heteroatoms. The number of nitrogens with one attached hydrogen (secondary N) is 3. The zero-order chi connectivity index (χ0) is 17.2. The molecule has 2 rings (SSSR count). The van der Waals surface area contributed by atoms with E-state index in [1.807, 2.05) is 0 Å². The van der Waals surface area contributed by atoms with Gasteiger partial charge in [-0.2, -0.15) is 13.2 Å². The molecule has 1 amide bonds. The largest absolute Gasteiger partial charge is 0.417 e. The van der Waals surface area contributed by atoms with Crippen LogP contribution in [0.2, 0.25) is 0 Å². The van der Waals surface area contributed by atoms with Gasteiger partial charge in [0.25, 0.3) is 5.91 Å². The van der Waals surface area contributed by atoms with Crippen molar-refractivity contribution in [2.24, 2.45) is 0 Å². The van der Waals surface area contributed by atoms with E-state index in [2.05, 4.69) is 15.8 Å². The molecule has 1 heterocycles. The third kappa shape index (κ3) is 3.33. The Labute approximate surface area is 129 Å². The lowest BCUT2D eigenvalue weighted by Crippen LogP contribution is -2.38. The van der Waals surface area contributed by atoms with Gasteiger partial charge in [0.05, 0.1) is 5.56 Å². The number of aryl methyl sites for hydroxylation is 1. The molecule has 3 N–H and O–H groups in total. The first-order valence-corrected chi connectivity index (χ1v) is 6.46. The molecule has 122 valence electrons. The molecule has 0 aliphatic rings. The number of guanidine groups is 1. The highest BCUT2D eigenvalue weighted by atomic mass is 19.4. The van der Waals surface area contributed by atoms with Gasteiger partial charge in [-0.1, -0.05) is 23.4 Å². The Morgan fingerprint density at radius 2 is 1.96 bits per heavy atom. The van der Waals surface area contributed by atoms with Crippen LogP contribution in [0.3, 0.4) is 0 Å². The van der Waals surface area contributed by atoms with Gasteiger partial charge in [0, 0.05) is 12.6 Å². The minimum absolute atomic E-state index is 0.0541. The molecule has 1 aromatic carbocycles. The van der Waals surface area contributed by atoms with Crippen LogP contribution >= 0.6 is 0 Å². The van der Waals surface area contributed by atoms with E-state index in [-0.39, 0.29) is 28.5 Å². The molecule has 6 nitrogen and oxygen atoms in total. The molecule has 0 spiro atoms. The summed E-state index contributed by atoms with van der Waals surface area (Å²) in [6, 6.07) is 4.76. The van der Waals surface area contributed by atoms with Gasteiger partial charge in [-0.05, 0) is 13.0 Å². The molecule has 0 aliphatic heterocycles. The van der Waals surface area contributed by atoms with E-state index in [9.17, 15) is 18.0 Å². The molecule has 1 aromatic heterocycles. The van der Waals surface area contributed by atoms with Crippen LogP contribution in [0.25, 0.3) is 11.3 Å². The fourth-order valence-corrected chi connectivity index (χ4v) is 2.00. The summed E-state index contributed by atoms with van der Waals surface area (Å²) in [6.45, 7) is 1.41. The van der Waals surface area contributed by atoms with Crippen molar-refractivity contribution in [1.29, 1.82) is 5.41 Å². The van der Waals surface area contributed by atoms with Crippen molar-refractivity contribution in [2.45, 2.75) is 13.1 Å². The van der Waals surface area contributed by atoms with E-state index in [1.165, 1.54) is 32.2 Å². The fraction of sp³-hybridized carbons (Fsp3) is 0.214. The molecule has 0 saturated carbocycles. The molecular weight excluding hydrogens is 313 g/mol. The minimum atomic E-state index is -4.60. The van der Waals surface area contributed by atoms with Gasteiger partial charge >= 0.3 is 6.18 Å². The molecule has 0 radical (unpaired) electrons. The molecule has 0 unspecified atom stereocenters. The predicted molar refractivity (Wildman–Crippen MR) is 75.9 cm³/mol. The third-order valence-electron chi connectivity index (χ3n) is 3.07. The van der Waals surface area contributed by atoms with Gasteiger partial charge in [-0.25, -0.2) is 0 Å². The summed E-state index contributed by atoms with van der Waals surface area (Å²) in [6.07, 6.45) is -4.60. The maximum absolute atomic E-state index is 13.1. The normalized spacial score (nSPS) is 11.2. The van der Waals surface area contributed by atoms with Gasteiger partial charge in [-0.3, -0.25) is 15.5 Å². The quantitative estimate of drug-likeness (QED) is 0.584. The Kier molecular flexibility index (Phi) is 4.39. The smallest absolute Gasteiger partial charge is 0.360 e. The van der Waals surface area contributed by atoms with Crippen molar-refractivity contribution in [1.82, 2.24) is 15.8 Å². The number of hydrogen-bond acceptors (Lipinski definition) is 4. The standard InChI is InChI=1S/C14H13F3N4O2/c1-7-10(12(22)20-13(18)19-2)11(21-23-7)8-5-3-4-6-9(8)14(15,16)17/h3-6H,1-2H3,(H3,18,19,20,22). The monoisotopic (exact) mass is 326 g/mol. The lowest BCUT2D eigenvalue weighted by Gasteiger charge is -2.12. The van der Waals surface area contributed by atoms with Crippen LogP contribution < -0.4 is 10.6 Å². The Bertz CT molecular complexity index is 753. The first-order chi connectivity index (χ1) is 10.8. The molecule has 0 atom stereocenters. The summed E-state index contributed by atoms with van der Waals surface area (Å²) in [5, 5.41) is 15.6. The summed E-state index contributed by atoms with van der Waals surface area (Å²) in [4.78, 5) is 12.2. The number of carbonyl (C=O) groups is 1. The lowest BCUT2D eigenvalue weighted by atomic mass is 10.00. The van der Waals surface area contributed by atoms with Gasteiger partial charge in [0.15, 0.2) is 5.96 Å². The Hall–Kier alpha value is -2.84. The van der Waals surface area contributed by atoms with Crippen molar-refractivity contribution < 1.29 is 22.5 Å².